The first-order valence-electron chi connectivity index (χ1n) is 10.1. The Balaban J connectivity index is 1.95. The van der Waals surface area contributed by atoms with E-state index in [0.29, 0.717) is 11.3 Å². The van der Waals surface area contributed by atoms with Crippen LogP contribution in [0.3, 0.4) is 0 Å². The molecule has 0 radical (unpaired) electrons. The first-order valence-corrected chi connectivity index (χ1v) is 10.1. The molecule has 0 aliphatic rings. The molecule has 142 valence electrons. The summed E-state index contributed by atoms with van der Waals surface area (Å²) in [6.45, 7) is 7.33. The van der Waals surface area contributed by atoms with Crippen molar-refractivity contribution in [3.63, 3.8) is 0 Å². The maximum absolute atomic E-state index is 9.90. The molecule has 0 N–H and O–H groups in total. The van der Waals surface area contributed by atoms with Crippen LogP contribution in [0.5, 0.6) is 0 Å². The van der Waals surface area contributed by atoms with Crippen molar-refractivity contribution >= 4 is 49.0 Å². The molecule has 0 saturated carbocycles. The van der Waals surface area contributed by atoms with E-state index in [9.17, 15) is 5.26 Å². The van der Waals surface area contributed by atoms with Gasteiger partial charge in [0.2, 0.25) is 0 Å². The lowest BCUT2D eigenvalue weighted by Crippen LogP contribution is -1.98. The van der Waals surface area contributed by atoms with E-state index in [1.807, 2.05) is 12.1 Å². The van der Waals surface area contributed by atoms with Gasteiger partial charge in [0.15, 0.2) is 5.69 Å². The highest BCUT2D eigenvalue weighted by Crippen LogP contribution is 2.42. The third-order valence-electron chi connectivity index (χ3n) is 6.01. The summed E-state index contributed by atoms with van der Waals surface area (Å²) in [5, 5.41) is 17.0. The van der Waals surface area contributed by atoms with E-state index in [2.05, 4.69) is 82.2 Å². The maximum Gasteiger partial charge on any atom is 0.188 e. The van der Waals surface area contributed by atoms with Gasteiger partial charge in [0, 0.05) is 16.2 Å². The highest BCUT2D eigenvalue weighted by molar-refractivity contribution is 6.32. The fraction of sp³-hybridized carbons (Fsp3) is 0. The number of para-hydroxylation sites is 1. The van der Waals surface area contributed by atoms with Crippen LogP contribution in [0.1, 0.15) is 5.56 Å². The van der Waals surface area contributed by atoms with Crippen molar-refractivity contribution in [3.05, 3.63) is 108 Å². The van der Waals surface area contributed by atoms with Gasteiger partial charge in [-0.25, -0.2) is 4.85 Å². The van der Waals surface area contributed by atoms with Gasteiger partial charge in [-0.3, -0.25) is 0 Å². The number of benzene rings is 5. The van der Waals surface area contributed by atoms with Crippen molar-refractivity contribution in [2.45, 2.75) is 0 Å². The summed E-state index contributed by atoms with van der Waals surface area (Å²) in [5.41, 5.74) is 3.89. The molecule has 1 aromatic heterocycles. The minimum absolute atomic E-state index is 0.469. The molecule has 0 spiro atoms. The predicted octanol–water partition coefficient (Wildman–Crippen LogP) is 7.51. The zero-order chi connectivity index (χ0) is 20.9. The lowest BCUT2D eigenvalue weighted by atomic mass is 9.97. The van der Waals surface area contributed by atoms with Gasteiger partial charge < -0.3 is 4.57 Å². The van der Waals surface area contributed by atoms with Crippen LogP contribution in [0.15, 0.2) is 91.0 Å². The second-order valence-corrected chi connectivity index (χ2v) is 7.59. The highest BCUT2D eigenvalue weighted by Gasteiger charge is 2.19. The minimum Gasteiger partial charge on any atom is -0.307 e. The SMILES string of the molecule is [C-]#[N+]c1ccc(-n2c3ccccc3c3c4ccccc4c4ccccc4c32)c(C#N)c1. The van der Waals surface area contributed by atoms with Gasteiger partial charge in [-0.05, 0) is 34.4 Å². The van der Waals surface area contributed by atoms with Crippen LogP contribution in [-0.4, -0.2) is 4.57 Å². The van der Waals surface area contributed by atoms with Gasteiger partial charge in [0.25, 0.3) is 0 Å². The highest BCUT2D eigenvalue weighted by atomic mass is 15.0. The lowest BCUT2D eigenvalue weighted by molar-refractivity contribution is 1.17. The number of nitrogens with zero attached hydrogens (tertiary/aromatic N) is 3. The number of nitriles is 1. The molecule has 1 heterocycles. The van der Waals surface area contributed by atoms with Crippen LogP contribution in [0, 0.1) is 17.9 Å². The summed E-state index contributed by atoms with van der Waals surface area (Å²) >= 11 is 0. The van der Waals surface area contributed by atoms with Crippen molar-refractivity contribution in [1.82, 2.24) is 4.57 Å². The van der Waals surface area contributed by atoms with Crippen molar-refractivity contribution in [3.8, 4) is 11.8 Å². The second kappa shape index (κ2) is 6.46. The molecule has 0 unspecified atom stereocenters. The number of aromatic nitrogens is 1. The molecule has 0 bridgehead atoms. The molecule has 0 aliphatic heterocycles. The first kappa shape index (κ1) is 17.3. The molecule has 0 fully saturated rings. The number of hydrogen-bond acceptors (Lipinski definition) is 1. The Kier molecular flexibility index (Phi) is 3.60. The van der Waals surface area contributed by atoms with Crippen molar-refractivity contribution in [1.29, 1.82) is 5.26 Å². The molecule has 6 rings (SSSR count). The van der Waals surface area contributed by atoms with Crippen LogP contribution in [0.25, 0.3) is 53.9 Å². The number of fused-ring (bicyclic) bond motifs is 8. The summed E-state index contributed by atoms with van der Waals surface area (Å²) in [5.74, 6) is 0. The molecule has 0 saturated heterocycles. The minimum atomic E-state index is 0.469. The number of rotatable bonds is 1. The smallest absolute Gasteiger partial charge is 0.188 e. The topological polar surface area (TPSA) is 33.1 Å². The van der Waals surface area contributed by atoms with Crippen LogP contribution < -0.4 is 0 Å². The Labute approximate surface area is 178 Å². The molecule has 5 aromatic carbocycles. The Hall–Kier alpha value is -4.60. The Morgan fingerprint density at radius 1 is 0.710 bits per heavy atom. The summed E-state index contributed by atoms with van der Waals surface area (Å²) in [6, 6.07) is 32.9. The van der Waals surface area contributed by atoms with Crippen molar-refractivity contribution in [2.24, 2.45) is 0 Å². The summed E-state index contributed by atoms with van der Waals surface area (Å²) in [6.07, 6.45) is 0. The third kappa shape index (κ3) is 2.32. The molecule has 31 heavy (non-hydrogen) atoms. The zero-order valence-electron chi connectivity index (χ0n) is 16.5. The molecule has 0 amide bonds. The van der Waals surface area contributed by atoms with E-state index in [0.717, 1.165) is 27.5 Å². The van der Waals surface area contributed by atoms with Crippen molar-refractivity contribution < 1.29 is 0 Å². The van der Waals surface area contributed by atoms with E-state index in [-0.39, 0.29) is 0 Å². The average Bonchev–Trinajstić information content (AvgIpc) is 3.19. The first-order chi connectivity index (χ1) is 15.3. The summed E-state index contributed by atoms with van der Waals surface area (Å²) in [7, 11) is 0. The zero-order valence-corrected chi connectivity index (χ0v) is 16.5. The molecule has 0 atom stereocenters. The Bertz CT molecular complexity index is 1760. The van der Waals surface area contributed by atoms with E-state index < -0.39 is 0 Å². The average molecular weight is 393 g/mol. The molecule has 3 heteroatoms. The fourth-order valence-corrected chi connectivity index (χ4v) is 4.76. The van der Waals surface area contributed by atoms with E-state index in [1.165, 1.54) is 21.5 Å². The van der Waals surface area contributed by atoms with Gasteiger partial charge in [0.1, 0.15) is 0 Å². The second-order valence-electron chi connectivity index (χ2n) is 7.59. The van der Waals surface area contributed by atoms with Crippen LogP contribution in [-0.2, 0) is 0 Å². The van der Waals surface area contributed by atoms with Gasteiger partial charge in [-0.2, -0.15) is 5.26 Å². The van der Waals surface area contributed by atoms with Crippen molar-refractivity contribution in [2.75, 3.05) is 0 Å². The molecular weight excluding hydrogens is 378 g/mol. The molecule has 3 nitrogen and oxygen atoms in total. The standard InChI is InChI=1S/C28H15N3/c1-30-19-14-15-25(18(16-19)17-29)31-26-13-7-6-12-24(26)27-22-10-4-2-8-20(22)21-9-3-5-11-23(21)28(27)31/h2-16H. The Morgan fingerprint density at radius 2 is 1.32 bits per heavy atom. The summed E-state index contributed by atoms with van der Waals surface area (Å²) < 4.78 is 2.19. The Morgan fingerprint density at radius 3 is 2.03 bits per heavy atom. The lowest BCUT2D eigenvalue weighted by Gasteiger charge is -2.13. The molecule has 0 aliphatic carbocycles. The van der Waals surface area contributed by atoms with E-state index >= 15 is 0 Å². The largest absolute Gasteiger partial charge is 0.307 e. The van der Waals surface area contributed by atoms with Gasteiger partial charge >= 0.3 is 0 Å². The normalized spacial score (nSPS) is 11.2. The quantitative estimate of drug-likeness (QED) is 0.210. The van der Waals surface area contributed by atoms with E-state index in [1.54, 1.807) is 12.1 Å². The van der Waals surface area contributed by atoms with E-state index in [4.69, 9.17) is 6.57 Å². The van der Waals surface area contributed by atoms with Gasteiger partial charge in [-0.15, -0.1) is 0 Å². The van der Waals surface area contributed by atoms with Gasteiger partial charge in [-0.1, -0.05) is 72.8 Å². The molecule has 6 aromatic rings. The third-order valence-corrected chi connectivity index (χ3v) is 6.01. The van der Waals surface area contributed by atoms with Crippen LogP contribution >= 0.6 is 0 Å². The maximum atomic E-state index is 9.90. The predicted molar refractivity (Wildman–Crippen MR) is 127 cm³/mol. The summed E-state index contributed by atoms with van der Waals surface area (Å²) in [4.78, 5) is 3.51. The van der Waals surface area contributed by atoms with Gasteiger partial charge in [0.05, 0.1) is 34.9 Å². The fourth-order valence-electron chi connectivity index (χ4n) is 4.76. The number of hydrogen-bond donors (Lipinski definition) is 0. The van der Waals surface area contributed by atoms with Crippen LogP contribution in [0.4, 0.5) is 5.69 Å². The monoisotopic (exact) mass is 393 g/mol. The molecular formula is C28H15N3. The van der Waals surface area contributed by atoms with Crippen LogP contribution in [0.2, 0.25) is 0 Å².